The zero-order chi connectivity index (χ0) is 14.4. The fourth-order valence-corrected chi connectivity index (χ4v) is 1.86. The summed E-state index contributed by atoms with van der Waals surface area (Å²) in [6.07, 6.45) is 0.730. The van der Waals surface area contributed by atoms with Crippen LogP contribution >= 0.6 is 0 Å². The number of carbonyl (C=O) groups is 1. The van der Waals surface area contributed by atoms with Crippen molar-refractivity contribution in [3.63, 3.8) is 0 Å². The van der Waals surface area contributed by atoms with E-state index >= 15 is 0 Å². The van der Waals surface area contributed by atoms with Crippen LogP contribution in [0.1, 0.15) is 12.5 Å². The van der Waals surface area contributed by atoms with Gasteiger partial charge >= 0.3 is 0 Å². The number of phenols is 1. The average Bonchev–Trinajstić information content (AvgIpc) is 2.49. The van der Waals surface area contributed by atoms with Crippen molar-refractivity contribution < 1.29 is 19.5 Å². The molecule has 0 saturated carbocycles. The Hall–Kier alpha value is -2.08. The quantitative estimate of drug-likeness (QED) is 0.658. The van der Waals surface area contributed by atoms with E-state index in [0.717, 1.165) is 0 Å². The lowest BCUT2D eigenvalue weighted by molar-refractivity contribution is -0.146. The lowest BCUT2D eigenvalue weighted by Gasteiger charge is -2.28. The molecule has 0 unspecified atom stereocenters. The van der Waals surface area contributed by atoms with Crippen molar-refractivity contribution in [2.24, 2.45) is 5.16 Å². The number of morpholine rings is 1. The van der Waals surface area contributed by atoms with Crippen LogP contribution in [0, 0.1) is 0 Å². The minimum atomic E-state index is -0.657. The molecule has 6 nitrogen and oxygen atoms in total. The number of phenolic OH excluding ortho intramolecular Hbond substituents is 1. The molecule has 1 aromatic rings. The number of hydrogen-bond acceptors (Lipinski definition) is 5. The molecule has 1 atom stereocenters. The Bertz CT molecular complexity index is 484. The number of ether oxygens (including phenoxy) is 1. The Balaban J connectivity index is 1.86. The van der Waals surface area contributed by atoms with Crippen molar-refractivity contribution in [2.45, 2.75) is 13.0 Å². The van der Waals surface area contributed by atoms with Crippen LogP contribution in [-0.4, -0.2) is 54.5 Å². The summed E-state index contributed by atoms with van der Waals surface area (Å²) in [6.45, 7) is 3.92. The van der Waals surface area contributed by atoms with Gasteiger partial charge in [-0.15, -0.1) is 0 Å². The maximum Gasteiger partial charge on any atom is 0.266 e. The molecule has 0 aliphatic carbocycles. The number of benzene rings is 1. The summed E-state index contributed by atoms with van der Waals surface area (Å²) in [5, 5.41) is 13.3. The molecule has 0 aromatic heterocycles. The van der Waals surface area contributed by atoms with Gasteiger partial charge in [-0.2, -0.15) is 0 Å². The van der Waals surface area contributed by atoms with E-state index in [9.17, 15) is 9.90 Å². The van der Waals surface area contributed by atoms with Crippen LogP contribution < -0.4 is 0 Å². The maximum absolute atomic E-state index is 12.0. The first-order chi connectivity index (χ1) is 9.68. The number of oxime groups is 1. The molecule has 1 aliphatic rings. The summed E-state index contributed by atoms with van der Waals surface area (Å²) in [7, 11) is 0. The van der Waals surface area contributed by atoms with Gasteiger partial charge in [-0.05, 0) is 19.1 Å². The standard InChI is InChI=1S/C14H18N2O4/c1-11(14(18)16-6-8-19-9-7-16)20-15-10-12-4-2-3-5-13(12)17/h2-5,10-11,17H,6-9H2,1H3/b15-10-/t11-/m0/s1. The summed E-state index contributed by atoms with van der Waals surface area (Å²) in [5.74, 6) is 0.00902. The van der Waals surface area contributed by atoms with Gasteiger partial charge in [-0.25, -0.2) is 0 Å². The van der Waals surface area contributed by atoms with Gasteiger partial charge in [0.25, 0.3) is 5.91 Å². The van der Waals surface area contributed by atoms with Gasteiger partial charge < -0.3 is 19.6 Å². The summed E-state index contributed by atoms with van der Waals surface area (Å²) in [6, 6.07) is 6.77. The van der Waals surface area contributed by atoms with Gasteiger partial charge in [0.15, 0.2) is 0 Å². The number of hydrogen-bond donors (Lipinski definition) is 1. The molecule has 1 aliphatic heterocycles. The SMILES string of the molecule is C[C@H](O/N=C\c1ccccc1O)C(=O)N1CCOCC1. The van der Waals surface area contributed by atoms with Crippen molar-refractivity contribution in [2.75, 3.05) is 26.3 Å². The molecule has 1 heterocycles. The van der Waals surface area contributed by atoms with E-state index in [1.165, 1.54) is 6.21 Å². The molecule has 0 bridgehead atoms. The van der Waals surface area contributed by atoms with Crippen molar-refractivity contribution in [3.05, 3.63) is 29.8 Å². The molecular formula is C14H18N2O4. The third-order valence-corrected chi connectivity index (χ3v) is 3.02. The highest BCUT2D eigenvalue weighted by Gasteiger charge is 2.23. The number of para-hydroxylation sites is 1. The summed E-state index contributed by atoms with van der Waals surface area (Å²) >= 11 is 0. The van der Waals surface area contributed by atoms with E-state index in [1.54, 1.807) is 36.1 Å². The molecule has 2 rings (SSSR count). The lowest BCUT2D eigenvalue weighted by atomic mass is 10.2. The molecule has 6 heteroatoms. The molecule has 108 valence electrons. The van der Waals surface area contributed by atoms with Crippen LogP contribution in [0.15, 0.2) is 29.4 Å². The van der Waals surface area contributed by atoms with Crippen LogP contribution in [-0.2, 0) is 14.4 Å². The molecule has 1 N–H and O–H groups in total. The van der Waals surface area contributed by atoms with Gasteiger partial charge in [0.05, 0.1) is 19.4 Å². The molecule has 20 heavy (non-hydrogen) atoms. The predicted molar refractivity (Wildman–Crippen MR) is 73.6 cm³/mol. The van der Waals surface area contributed by atoms with Crippen LogP contribution in [0.2, 0.25) is 0 Å². The van der Waals surface area contributed by atoms with Crippen LogP contribution in [0.5, 0.6) is 5.75 Å². The first-order valence-corrected chi connectivity index (χ1v) is 6.52. The number of amides is 1. The minimum Gasteiger partial charge on any atom is -0.507 e. The van der Waals surface area contributed by atoms with Gasteiger partial charge in [0.2, 0.25) is 6.10 Å². The van der Waals surface area contributed by atoms with Crippen LogP contribution in [0.4, 0.5) is 0 Å². The first kappa shape index (κ1) is 14.3. The van der Waals surface area contributed by atoms with Gasteiger partial charge in [-0.3, -0.25) is 4.79 Å². The van der Waals surface area contributed by atoms with E-state index in [4.69, 9.17) is 9.57 Å². The highest BCUT2D eigenvalue weighted by atomic mass is 16.6. The van der Waals surface area contributed by atoms with Gasteiger partial charge in [0.1, 0.15) is 5.75 Å². The number of aromatic hydroxyl groups is 1. The third kappa shape index (κ3) is 3.71. The first-order valence-electron chi connectivity index (χ1n) is 6.52. The second-order valence-electron chi connectivity index (χ2n) is 4.48. The normalized spacial score (nSPS) is 17.1. The molecule has 1 saturated heterocycles. The second-order valence-corrected chi connectivity index (χ2v) is 4.48. The summed E-state index contributed by atoms with van der Waals surface area (Å²) < 4.78 is 5.19. The fourth-order valence-electron chi connectivity index (χ4n) is 1.86. The number of carbonyl (C=O) groups excluding carboxylic acids is 1. The topological polar surface area (TPSA) is 71.4 Å². The van der Waals surface area contributed by atoms with Gasteiger partial charge in [0, 0.05) is 18.7 Å². The van der Waals surface area contributed by atoms with E-state index in [2.05, 4.69) is 5.16 Å². The van der Waals surface area contributed by atoms with Crippen molar-refractivity contribution in [1.29, 1.82) is 0 Å². The fraction of sp³-hybridized carbons (Fsp3) is 0.429. The van der Waals surface area contributed by atoms with E-state index in [0.29, 0.717) is 31.9 Å². The smallest absolute Gasteiger partial charge is 0.266 e. The molecule has 1 amide bonds. The third-order valence-electron chi connectivity index (χ3n) is 3.02. The highest BCUT2D eigenvalue weighted by Crippen LogP contribution is 2.13. The van der Waals surface area contributed by atoms with Gasteiger partial charge in [-0.1, -0.05) is 17.3 Å². The van der Waals surface area contributed by atoms with Crippen LogP contribution in [0.3, 0.4) is 0 Å². The number of rotatable bonds is 4. The molecule has 0 radical (unpaired) electrons. The molecule has 1 aromatic carbocycles. The zero-order valence-corrected chi connectivity index (χ0v) is 11.4. The monoisotopic (exact) mass is 278 g/mol. The van der Waals surface area contributed by atoms with Crippen molar-refractivity contribution >= 4 is 12.1 Å². The van der Waals surface area contributed by atoms with E-state index < -0.39 is 6.10 Å². The van der Waals surface area contributed by atoms with E-state index in [-0.39, 0.29) is 11.7 Å². The highest BCUT2D eigenvalue weighted by molar-refractivity contribution is 5.83. The maximum atomic E-state index is 12.0. The zero-order valence-electron chi connectivity index (χ0n) is 11.4. The van der Waals surface area contributed by atoms with Crippen LogP contribution in [0.25, 0.3) is 0 Å². The Kier molecular flexibility index (Phi) is 4.95. The second kappa shape index (κ2) is 6.91. The lowest BCUT2D eigenvalue weighted by Crippen LogP contribution is -2.45. The molecule has 1 fully saturated rings. The Labute approximate surface area is 117 Å². The minimum absolute atomic E-state index is 0.109. The number of nitrogens with zero attached hydrogens (tertiary/aromatic N) is 2. The average molecular weight is 278 g/mol. The Morgan fingerprint density at radius 3 is 2.85 bits per heavy atom. The predicted octanol–water partition coefficient (Wildman–Crippen LogP) is 0.990. The molecular weight excluding hydrogens is 260 g/mol. The van der Waals surface area contributed by atoms with E-state index in [1.807, 2.05) is 0 Å². The van der Waals surface area contributed by atoms with Crippen molar-refractivity contribution in [3.8, 4) is 5.75 Å². The molecule has 0 spiro atoms. The Morgan fingerprint density at radius 1 is 1.45 bits per heavy atom. The Morgan fingerprint density at radius 2 is 2.15 bits per heavy atom. The largest absolute Gasteiger partial charge is 0.507 e. The summed E-state index contributed by atoms with van der Waals surface area (Å²) in [4.78, 5) is 18.9. The summed E-state index contributed by atoms with van der Waals surface area (Å²) in [5.41, 5.74) is 0.540. The van der Waals surface area contributed by atoms with Crippen molar-refractivity contribution in [1.82, 2.24) is 4.90 Å².